The van der Waals surface area contributed by atoms with Crippen molar-refractivity contribution in [2.75, 3.05) is 11.5 Å². The third-order valence-electron chi connectivity index (χ3n) is 14.4. The third kappa shape index (κ3) is 24.0. The second-order valence-corrected chi connectivity index (χ2v) is 23.8. The van der Waals surface area contributed by atoms with Gasteiger partial charge in [-0.25, -0.2) is 0 Å². The van der Waals surface area contributed by atoms with Crippen LogP contribution >= 0.6 is 33.2 Å². The number of benzene rings is 9. The van der Waals surface area contributed by atoms with Crippen LogP contribution in [0.25, 0.3) is 11.1 Å². The third-order valence-corrected chi connectivity index (χ3v) is 17.8. The van der Waals surface area contributed by atoms with E-state index in [0.717, 1.165) is 58.5 Å². The van der Waals surface area contributed by atoms with Crippen LogP contribution < -0.4 is 34.8 Å². The molecule has 0 aromatic heterocycles. The molecule has 2 bridgehead atoms. The van der Waals surface area contributed by atoms with Gasteiger partial charge in [0.2, 0.25) is 0 Å². The average molecular weight is 1240 g/mol. The van der Waals surface area contributed by atoms with Gasteiger partial charge >= 0.3 is 38.3 Å². The molecule has 0 radical (unpaired) electrons. The smallest absolute Gasteiger partial charge is 0.358 e. The maximum absolute atomic E-state index is 4.28. The molecule has 0 saturated carbocycles. The summed E-state index contributed by atoms with van der Waals surface area (Å²) in [5.74, 6) is 3.62. The van der Waals surface area contributed by atoms with E-state index in [-0.39, 0.29) is 53.2 Å². The van der Waals surface area contributed by atoms with E-state index in [4.69, 9.17) is 0 Å². The first-order valence-corrected chi connectivity index (χ1v) is 31.7. The number of rotatable bonds is 21. The van der Waals surface area contributed by atoms with E-state index in [2.05, 4.69) is 310 Å². The fraction of sp³-hybridized carbons (Fsp3) is 0.190. The van der Waals surface area contributed by atoms with Crippen molar-refractivity contribution in [2.24, 2.45) is 11.8 Å². The molecule has 426 valence electrons. The molecule has 0 amide bonds. The zero-order valence-electron chi connectivity index (χ0n) is 49.7. The Morgan fingerprint density at radius 3 is 0.869 bits per heavy atom. The molecule has 0 unspecified atom stereocenters. The van der Waals surface area contributed by atoms with Crippen LogP contribution in [-0.2, 0) is 32.3 Å². The summed E-state index contributed by atoms with van der Waals surface area (Å²) in [6.07, 6.45) is 30.2. The number of hydrogen-bond acceptors (Lipinski definition) is 2. The molecule has 2 aliphatic rings. The molecule has 0 aliphatic heterocycles. The summed E-state index contributed by atoms with van der Waals surface area (Å²) in [7, 11) is -0.877. The average Bonchev–Trinajstić information content (AvgIpc) is 4.34. The van der Waals surface area contributed by atoms with Crippen molar-refractivity contribution in [1.82, 2.24) is 0 Å². The van der Waals surface area contributed by atoms with Crippen LogP contribution in [-0.4, -0.2) is 11.5 Å². The van der Waals surface area contributed by atoms with E-state index < -0.39 is 7.92 Å². The molecule has 0 N–H and O–H groups in total. The Kier molecular flexibility index (Phi) is 34.8. The minimum Gasteiger partial charge on any atom is -0.358 e. The SMILES string of the molecule is C1=CC2C=CC1C2.SCCCCCCc1ccc(C(=[C-]c2ccccc2)c2ccccc2)cc1.SCCCCCCc1ccc(C(=[C-]c2ccccc2)c2ccccc2)cc1.[CH3-].[CH3-].[Li+].[Rh+3].c1ccc([PH+](c2ccccc2)c2ccccc2)cc1. The zero-order valence-corrected chi connectivity index (χ0v) is 54.1. The first-order valence-electron chi connectivity index (χ1n) is 28.9. The fourth-order valence-corrected chi connectivity index (χ4v) is 13.1. The van der Waals surface area contributed by atoms with Crippen molar-refractivity contribution in [3.8, 4) is 0 Å². The molecule has 9 aromatic carbocycles. The van der Waals surface area contributed by atoms with Crippen molar-refractivity contribution in [2.45, 2.75) is 70.6 Å². The molecule has 5 heteroatoms. The largest absolute Gasteiger partial charge is 3.00 e. The van der Waals surface area contributed by atoms with Crippen LogP contribution in [0.1, 0.15) is 102 Å². The molecule has 0 spiro atoms. The number of thiol groups is 2. The zero-order chi connectivity index (χ0) is 55.1. The summed E-state index contributed by atoms with van der Waals surface area (Å²) in [5, 5.41) is 4.31. The molecular formula is C79H84LiPRhS2+. The molecule has 2 aliphatic carbocycles. The van der Waals surface area contributed by atoms with Gasteiger partial charge in [0, 0.05) is 0 Å². The van der Waals surface area contributed by atoms with E-state index >= 15 is 0 Å². The minimum atomic E-state index is -0.877. The molecule has 0 fully saturated rings. The van der Waals surface area contributed by atoms with Gasteiger partial charge in [-0.15, -0.1) is 58.7 Å². The Bertz CT molecular complexity index is 2960. The molecule has 84 heavy (non-hydrogen) atoms. The maximum atomic E-state index is 4.28. The van der Waals surface area contributed by atoms with E-state index in [0.29, 0.717) is 0 Å². The van der Waals surface area contributed by atoms with Gasteiger partial charge in [0.25, 0.3) is 0 Å². The van der Waals surface area contributed by atoms with Crippen LogP contribution in [0.4, 0.5) is 0 Å². The summed E-state index contributed by atoms with van der Waals surface area (Å²) in [6.45, 7) is 0. The van der Waals surface area contributed by atoms with Crippen molar-refractivity contribution in [1.29, 1.82) is 0 Å². The van der Waals surface area contributed by atoms with E-state index in [1.807, 2.05) is 12.1 Å². The molecule has 0 nitrogen and oxygen atoms in total. The van der Waals surface area contributed by atoms with Crippen LogP contribution in [0, 0.1) is 38.8 Å². The van der Waals surface area contributed by atoms with Gasteiger partial charge in [0.05, 0.1) is 7.92 Å². The summed E-state index contributed by atoms with van der Waals surface area (Å²) in [4.78, 5) is 0. The predicted molar refractivity (Wildman–Crippen MR) is 370 cm³/mol. The van der Waals surface area contributed by atoms with Gasteiger partial charge in [0.1, 0.15) is 15.9 Å². The number of allylic oxidation sites excluding steroid dienone is 4. The minimum absolute atomic E-state index is 0. The van der Waals surface area contributed by atoms with Crippen LogP contribution in [0.5, 0.6) is 0 Å². The van der Waals surface area contributed by atoms with Crippen molar-refractivity contribution < 1.29 is 38.3 Å². The quantitative estimate of drug-likeness (QED) is 0.0134. The second kappa shape index (κ2) is 41.4. The predicted octanol–water partition coefficient (Wildman–Crippen LogP) is 16.8. The Morgan fingerprint density at radius 1 is 0.333 bits per heavy atom. The van der Waals surface area contributed by atoms with Gasteiger partial charge in [0.15, 0.2) is 0 Å². The summed E-state index contributed by atoms with van der Waals surface area (Å²) in [6, 6.07) is 92.3. The van der Waals surface area contributed by atoms with Gasteiger partial charge in [-0.05, 0) is 116 Å². The number of hydrogen-bond donors (Lipinski definition) is 2. The first-order chi connectivity index (χ1) is 39.6. The standard InChI is InChI=1S/2C26H27S.C18H15P.C7H8.2CH3.Li.Rh/c2*27-20-10-2-1-5-11-22-16-18-25(19-17-22)26(24-14-8-4-9-15-24)21-23-12-6-3-7-13-23;1-4-10-16(11-5-1)19(17-12-6-2-7-13-17)18-14-8-3-9-15-18;1-2-7-4-3-6(1)5-7;;;;/h2*3-4,6-9,12-19,27H,1-2,5,10-11,20H2;1-15H;1-4,6-7H,5H2;2*1H3;;/q2*-1;;;2*-1;+1;+3/p+1. The van der Waals surface area contributed by atoms with Crippen LogP contribution in [0.2, 0.25) is 0 Å². The topological polar surface area (TPSA) is 0 Å². The van der Waals surface area contributed by atoms with E-state index in [9.17, 15) is 0 Å². The molecule has 9 aromatic rings. The van der Waals surface area contributed by atoms with Crippen molar-refractivity contribution in [3.05, 3.63) is 357 Å². The normalized spacial score (nSPS) is 13.4. The summed E-state index contributed by atoms with van der Waals surface area (Å²) >= 11 is 8.56. The molecule has 0 heterocycles. The Morgan fingerprint density at radius 2 is 0.595 bits per heavy atom. The van der Waals surface area contributed by atoms with Gasteiger partial charge in [-0.2, -0.15) is 25.3 Å². The maximum Gasteiger partial charge on any atom is 3.00 e. The van der Waals surface area contributed by atoms with Gasteiger partial charge < -0.3 is 14.9 Å². The van der Waals surface area contributed by atoms with Crippen LogP contribution in [0.3, 0.4) is 0 Å². The van der Waals surface area contributed by atoms with Crippen molar-refractivity contribution in [3.63, 3.8) is 0 Å². The Balaban J connectivity index is 0.000000251. The second-order valence-electron chi connectivity index (χ2n) is 20.4. The molecule has 0 atom stereocenters. The monoisotopic (exact) mass is 1240 g/mol. The Hall–Kier alpha value is -5.71. The number of unbranched alkanes of at least 4 members (excludes halogenated alkanes) is 6. The summed E-state index contributed by atoms with van der Waals surface area (Å²) < 4.78 is 0. The van der Waals surface area contributed by atoms with Gasteiger partial charge in [-0.1, -0.05) is 272 Å². The van der Waals surface area contributed by atoms with Crippen molar-refractivity contribution >= 4 is 60.2 Å². The van der Waals surface area contributed by atoms with E-state index in [1.54, 1.807) is 0 Å². The molecule has 0 saturated heterocycles. The number of aryl methyl sites for hydroxylation is 2. The summed E-state index contributed by atoms with van der Waals surface area (Å²) in [5.41, 5.74) is 12.1. The van der Waals surface area contributed by atoms with Gasteiger partial charge in [-0.3, -0.25) is 0 Å². The molecule has 11 rings (SSSR count). The molecular weight excluding hydrogens is 1150 g/mol. The number of fused-ring (bicyclic) bond motifs is 2. The fourth-order valence-electron chi connectivity index (χ4n) is 10.1. The van der Waals surface area contributed by atoms with E-state index in [1.165, 1.54) is 107 Å². The van der Waals surface area contributed by atoms with Crippen LogP contribution in [0.15, 0.2) is 285 Å². The first kappa shape index (κ1) is 70.8. The Labute approximate surface area is 544 Å².